The maximum Gasteiger partial charge on any atom is 0.339 e. The Balaban J connectivity index is 0.000000368. The third-order valence-electron chi connectivity index (χ3n) is 6.78. The Morgan fingerprint density at radius 3 is 1.69 bits per heavy atom. The molecule has 3 aromatic rings. The van der Waals surface area contributed by atoms with Gasteiger partial charge < -0.3 is 20.1 Å². The average Bonchev–Trinajstić information content (AvgIpc) is 2.95. The first-order valence-corrected chi connectivity index (χ1v) is 13.6. The van der Waals surface area contributed by atoms with Gasteiger partial charge in [0.25, 0.3) is 0 Å². The number of aromatic hydroxyl groups is 1. The van der Waals surface area contributed by atoms with Crippen LogP contribution in [0.15, 0.2) is 72.8 Å². The molecule has 0 aromatic heterocycles. The van der Waals surface area contributed by atoms with E-state index in [2.05, 4.69) is 70.2 Å². The Bertz CT molecular complexity index is 1120. The molecule has 6 nitrogen and oxygen atoms in total. The summed E-state index contributed by atoms with van der Waals surface area (Å²) in [6, 6.07) is 23.1. The lowest BCUT2D eigenvalue weighted by atomic mass is 9.98. The largest absolute Gasteiger partial charge is 0.507 e. The quantitative estimate of drug-likeness (QED) is 0.240. The molecule has 3 rings (SSSR count). The molecule has 3 unspecified atom stereocenters. The smallest absolute Gasteiger partial charge is 0.339 e. The molecular formula is C33H44O6. The lowest BCUT2D eigenvalue weighted by Crippen LogP contribution is -2.06. The first-order chi connectivity index (χ1) is 18.5. The van der Waals surface area contributed by atoms with E-state index in [0.29, 0.717) is 24.2 Å². The van der Waals surface area contributed by atoms with E-state index >= 15 is 0 Å². The van der Waals surface area contributed by atoms with Crippen LogP contribution in [0.4, 0.5) is 0 Å². The van der Waals surface area contributed by atoms with Gasteiger partial charge in [-0.25, -0.2) is 4.79 Å². The summed E-state index contributed by atoms with van der Waals surface area (Å²) in [4.78, 5) is 20.8. The summed E-state index contributed by atoms with van der Waals surface area (Å²) in [5, 5.41) is 26.7. The number of carboxylic acids is 2. The first kappa shape index (κ1) is 33.2. The Morgan fingerprint density at radius 1 is 0.744 bits per heavy atom. The molecule has 0 aliphatic rings. The fourth-order valence-electron chi connectivity index (χ4n) is 3.32. The molecule has 0 radical (unpaired) electrons. The van der Waals surface area contributed by atoms with Crippen LogP contribution < -0.4 is 4.74 Å². The van der Waals surface area contributed by atoms with Crippen LogP contribution in [0.25, 0.3) is 0 Å². The van der Waals surface area contributed by atoms with Crippen LogP contribution in [0.2, 0.25) is 0 Å². The van der Waals surface area contributed by atoms with Gasteiger partial charge in [0.1, 0.15) is 23.7 Å². The van der Waals surface area contributed by atoms with E-state index in [-0.39, 0.29) is 17.2 Å². The molecule has 0 heterocycles. The molecule has 212 valence electrons. The molecule has 3 aromatic carbocycles. The van der Waals surface area contributed by atoms with Gasteiger partial charge in [-0.1, -0.05) is 96.1 Å². The molecule has 0 bridgehead atoms. The minimum absolute atomic E-state index is 0.134. The number of aromatic carboxylic acids is 1. The third kappa shape index (κ3) is 12.1. The van der Waals surface area contributed by atoms with E-state index in [1.165, 1.54) is 35.7 Å². The second kappa shape index (κ2) is 17.7. The normalized spacial score (nSPS) is 12.5. The molecular weight excluding hydrogens is 492 g/mol. The zero-order valence-electron chi connectivity index (χ0n) is 24.1. The summed E-state index contributed by atoms with van der Waals surface area (Å²) in [5.74, 6) is -0.658. The van der Waals surface area contributed by atoms with Gasteiger partial charge in [-0.05, 0) is 59.9 Å². The van der Waals surface area contributed by atoms with Crippen molar-refractivity contribution in [3.63, 3.8) is 0 Å². The summed E-state index contributed by atoms with van der Waals surface area (Å²) >= 11 is 0. The fourth-order valence-corrected chi connectivity index (χ4v) is 3.32. The minimum Gasteiger partial charge on any atom is -0.507 e. The molecule has 3 N–H and O–H groups in total. The highest BCUT2D eigenvalue weighted by molar-refractivity contribution is 5.90. The standard InChI is InChI=1S/C18H20O4.C10H14.C5H10O2/c1-3-12(2)14-6-4-13(5-7-14)11-22-15-8-9-16(18(20)21)17(19)10-15;1-3-9(2)10-7-5-4-6-8-10;1-3-4(2)5(6)7/h4-10,12,19H,3,11H2,1-2H3,(H,20,21);4-9H,3H2,1-2H3;4H,3H2,1-2H3,(H,6,7). The van der Waals surface area contributed by atoms with Crippen molar-refractivity contribution in [2.75, 3.05) is 0 Å². The van der Waals surface area contributed by atoms with E-state index in [0.717, 1.165) is 18.4 Å². The first-order valence-electron chi connectivity index (χ1n) is 13.6. The SMILES string of the molecule is CCC(C)C(=O)O.CCC(C)c1ccc(COc2ccc(C(=O)O)c(O)c2)cc1.CCC(C)c1ccccc1. The lowest BCUT2D eigenvalue weighted by molar-refractivity contribution is -0.141. The molecule has 0 aliphatic heterocycles. The van der Waals surface area contributed by atoms with Crippen molar-refractivity contribution >= 4 is 11.9 Å². The number of phenols is 1. The second-order valence-electron chi connectivity index (χ2n) is 9.69. The van der Waals surface area contributed by atoms with E-state index in [1.807, 2.05) is 19.1 Å². The van der Waals surface area contributed by atoms with Gasteiger partial charge in [-0.15, -0.1) is 0 Å². The molecule has 0 saturated carbocycles. The van der Waals surface area contributed by atoms with Gasteiger partial charge in [0.05, 0.1) is 5.92 Å². The van der Waals surface area contributed by atoms with Gasteiger partial charge in [0, 0.05) is 6.07 Å². The summed E-state index contributed by atoms with van der Waals surface area (Å²) in [6.45, 7) is 12.8. The van der Waals surface area contributed by atoms with Crippen molar-refractivity contribution in [3.8, 4) is 11.5 Å². The van der Waals surface area contributed by atoms with Crippen molar-refractivity contribution in [1.82, 2.24) is 0 Å². The van der Waals surface area contributed by atoms with E-state index in [9.17, 15) is 14.7 Å². The van der Waals surface area contributed by atoms with E-state index < -0.39 is 11.9 Å². The topological polar surface area (TPSA) is 104 Å². The number of aliphatic carboxylic acids is 1. The summed E-state index contributed by atoms with van der Waals surface area (Å²) in [5.41, 5.74) is 3.64. The van der Waals surface area contributed by atoms with Gasteiger partial charge in [0.15, 0.2) is 0 Å². The number of carbonyl (C=O) groups is 2. The molecule has 39 heavy (non-hydrogen) atoms. The number of benzene rings is 3. The average molecular weight is 537 g/mol. The molecule has 6 heteroatoms. The van der Waals surface area contributed by atoms with Crippen LogP contribution in [-0.4, -0.2) is 27.3 Å². The third-order valence-corrected chi connectivity index (χ3v) is 6.78. The van der Waals surface area contributed by atoms with Gasteiger partial charge in [-0.2, -0.15) is 0 Å². The molecule has 0 aliphatic carbocycles. The number of ether oxygens (including phenoxy) is 1. The Hall–Kier alpha value is -3.80. The molecule has 0 saturated heterocycles. The number of hydrogen-bond acceptors (Lipinski definition) is 4. The Kier molecular flexibility index (Phi) is 15.0. The number of rotatable bonds is 10. The predicted octanol–water partition coefficient (Wildman–Crippen LogP) is 8.50. The lowest BCUT2D eigenvalue weighted by Gasteiger charge is -2.11. The monoisotopic (exact) mass is 536 g/mol. The molecule has 0 amide bonds. The number of carboxylic acid groups (broad SMARTS) is 2. The highest BCUT2D eigenvalue weighted by atomic mass is 16.5. The zero-order valence-corrected chi connectivity index (χ0v) is 24.1. The van der Waals surface area contributed by atoms with Crippen molar-refractivity contribution in [3.05, 3.63) is 95.1 Å². The summed E-state index contributed by atoms with van der Waals surface area (Å²) in [6.07, 6.45) is 3.05. The van der Waals surface area contributed by atoms with Gasteiger partial charge >= 0.3 is 11.9 Å². The summed E-state index contributed by atoms with van der Waals surface area (Å²) < 4.78 is 5.58. The van der Waals surface area contributed by atoms with Crippen molar-refractivity contribution in [2.45, 2.75) is 79.2 Å². The van der Waals surface area contributed by atoms with Gasteiger partial charge in [0.2, 0.25) is 0 Å². The summed E-state index contributed by atoms with van der Waals surface area (Å²) in [7, 11) is 0. The van der Waals surface area contributed by atoms with E-state index in [1.54, 1.807) is 6.92 Å². The Labute approximate surface area is 233 Å². The zero-order chi connectivity index (χ0) is 29.4. The predicted molar refractivity (Wildman–Crippen MR) is 157 cm³/mol. The van der Waals surface area contributed by atoms with Crippen LogP contribution in [0.3, 0.4) is 0 Å². The van der Waals surface area contributed by atoms with Crippen molar-refractivity contribution < 1.29 is 29.6 Å². The second-order valence-corrected chi connectivity index (χ2v) is 9.69. The van der Waals surface area contributed by atoms with Crippen LogP contribution in [0.1, 0.15) is 99.7 Å². The number of hydrogen-bond donors (Lipinski definition) is 3. The molecule has 0 fully saturated rings. The van der Waals surface area contributed by atoms with Crippen molar-refractivity contribution in [2.24, 2.45) is 5.92 Å². The maximum atomic E-state index is 10.8. The molecule has 3 atom stereocenters. The maximum absolute atomic E-state index is 10.8. The molecule has 0 spiro atoms. The van der Waals surface area contributed by atoms with Crippen LogP contribution in [0.5, 0.6) is 11.5 Å². The van der Waals surface area contributed by atoms with Crippen LogP contribution in [0, 0.1) is 5.92 Å². The van der Waals surface area contributed by atoms with Crippen LogP contribution in [-0.2, 0) is 11.4 Å². The minimum atomic E-state index is -1.16. The van der Waals surface area contributed by atoms with E-state index in [4.69, 9.17) is 14.9 Å². The Morgan fingerprint density at radius 2 is 1.28 bits per heavy atom. The van der Waals surface area contributed by atoms with Gasteiger partial charge in [-0.3, -0.25) is 4.79 Å². The fraction of sp³-hybridized carbons (Fsp3) is 0.394. The van der Waals surface area contributed by atoms with Crippen LogP contribution >= 0.6 is 0 Å². The van der Waals surface area contributed by atoms with Crippen molar-refractivity contribution in [1.29, 1.82) is 0 Å². The highest BCUT2D eigenvalue weighted by Gasteiger charge is 2.10. The highest BCUT2D eigenvalue weighted by Crippen LogP contribution is 2.25.